The summed E-state index contributed by atoms with van der Waals surface area (Å²) in [7, 11) is 0. The summed E-state index contributed by atoms with van der Waals surface area (Å²) in [6.07, 6.45) is 1.63. The smallest absolute Gasteiger partial charge is 0.253 e. The van der Waals surface area contributed by atoms with Gasteiger partial charge in [-0.25, -0.2) is 4.99 Å². The van der Waals surface area contributed by atoms with E-state index in [0.29, 0.717) is 18.4 Å². The Morgan fingerprint density at radius 1 is 1.54 bits per heavy atom. The molecule has 0 saturated heterocycles. The van der Waals surface area contributed by atoms with E-state index in [1.807, 2.05) is 12.1 Å². The van der Waals surface area contributed by atoms with E-state index in [2.05, 4.69) is 18.8 Å². The zero-order chi connectivity index (χ0) is 9.26. The molecular formula is C10H13NO2. The highest BCUT2D eigenvalue weighted by molar-refractivity contribution is 5.92. The molecule has 0 aromatic carbocycles. The van der Waals surface area contributed by atoms with E-state index in [1.165, 1.54) is 0 Å². The summed E-state index contributed by atoms with van der Waals surface area (Å²) >= 11 is 0. The van der Waals surface area contributed by atoms with Gasteiger partial charge in [0, 0.05) is 0 Å². The first-order chi connectivity index (χ1) is 6.27. The van der Waals surface area contributed by atoms with Gasteiger partial charge in [0.15, 0.2) is 5.76 Å². The van der Waals surface area contributed by atoms with Gasteiger partial charge >= 0.3 is 0 Å². The van der Waals surface area contributed by atoms with Crippen LogP contribution in [0.3, 0.4) is 0 Å². The minimum atomic E-state index is 0.278. The molecule has 13 heavy (non-hydrogen) atoms. The van der Waals surface area contributed by atoms with Crippen molar-refractivity contribution in [1.29, 1.82) is 0 Å². The second-order valence-corrected chi connectivity index (χ2v) is 3.53. The molecule has 0 radical (unpaired) electrons. The van der Waals surface area contributed by atoms with Crippen LogP contribution in [0.15, 0.2) is 27.8 Å². The Labute approximate surface area is 77.4 Å². The molecule has 70 valence electrons. The van der Waals surface area contributed by atoms with Gasteiger partial charge in [0.05, 0.1) is 12.3 Å². The van der Waals surface area contributed by atoms with E-state index in [-0.39, 0.29) is 6.04 Å². The molecule has 0 spiro atoms. The second kappa shape index (κ2) is 3.24. The second-order valence-electron chi connectivity index (χ2n) is 3.53. The van der Waals surface area contributed by atoms with Crippen molar-refractivity contribution in [3.05, 3.63) is 24.2 Å². The molecule has 2 rings (SSSR count). The van der Waals surface area contributed by atoms with Crippen LogP contribution in [-0.4, -0.2) is 18.5 Å². The number of ether oxygens (including phenoxy) is 1. The molecule has 0 saturated carbocycles. The van der Waals surface area contributed by atoms with Gasteiger partial charge in [-0.05, 0) is 18.1 Å². The van der Waals surface area contributed by atoms with Gasteiger partial charge in [-0.15, -0.1) is 0 Å². The predicted octanol–water partition coefficient (Wildman–Crippen LogP) is 2.08. The zero-order valence-corrected chi connectivity index (χ0v) is 7.86. The first-order valence-electron chi connectivity index (χ1n) is 4.52. The average Bonchev–Trinajstić information content (AvgIpc) is 2.75. The van der Waals surface area contributed by atoms with Crippen molar-refractivity contribution in [2.45, 2.75) is 19.9 Å². The maximum atomic E-state index is 5.43. The lowest BCUT2D eigenvalue weighted by molar-refractivity contribution is 0.287. The lowest BCUT2D eigenvalue weighted by Gasteiger charge is -2.06. The van der Waals surface area contributed by atoms with Gasteiger partial charge in [-0.1, -0.05) is 13.8 Å². The molecule has 3 nitrogen and oxygen atoms in total. The van der Waals surface area contributed by atoms with Crippen LogP contribution in [0, 0.1) is 5.92 Å². The summed E-state index contributed by atoms with van der Waals surface area (Å²) in [5.74, 6) is 1.89. The summed E-state index contributed by atoms with van der Waals surface area (Å²) < 4.78 is 10.6. The third-order valence-corrected chi connectivity index (χ3v) is 2.18. The van der Waals surface area contributed by atoms with E-state index in [1.54, 1.807) is 6.26 Å². The number of rotatable bonds is 2. The average molecular weight is 179 g/mol. The molecule has 1 aliphatic rings. The number of hydrogen-bond donors (Lipinski definition) is 0. The van der Waals surface area contributed by atoms with Crippen LogP contribution in [0.25, 0.3) is 0 Å². The van der Waals surface area contributed by atoms with Crippen LogP contribution in [0.2, 0.25) is 0 Å². The lowest BCUT2D eigenvalue weighted by atomic mass is 10.1. The van der Waals surface area contributed by atoms with E-state index < -0.39 is 0 Å². The topological polar surface area (TPSA) is 34.7 Å². The van der Waals surface area contributed by atoms with Crippen LogP contribution in [-0.2, 0) is 4.74 Å². The fraction of sp³-hybridized carbons (Fsp3) is 0.500. The van der Waals surface area contributed by atoms with Gasteiger partial charge in [0.25, 0.3) is 5.90 Å². The minimum Gasteiger partial charge on any atom is -0.473 e. The van der Waals surface area contributed by atoms with Crippen molar-refractivity contribution in [3.8, 4) is 0 Å². The molecule has 2 heterocycles. The van der Waals surface area contributed by atoms with Crippen molar-refractivity contribution in [2.75, 3.05) is 6.61 Å². The monoisotopic (exact) mass is 179 g/mol. The SMILES string of the molecule is CC(C)[C@@H]1COC(c2ccco2)=N1. The first-order valence-corrected chi connectivity index (χ1v) is 4.52. The quantitative estimate of drug-likeness (QED) is 0.696. The highest BCUT2D eigenvalue weighted by Gasteiger charge is 2.23. The molecule has 1 aliphatic heterocycles. The molecule has 3 heteroatoms. The molecule has 0 aliphatic carbocycles. The fourth-order valence-electron chi connectivity index (χ4n) is 1.27. The molecule has 1 aromatic heterocycles. The van der Waals surface area contributed by atoms with Crippen LogP contribution >= 0.6 is 0 Å². The van der Waals surface area contributed by atoms with Gasteiger partial charge in [-0.2, -0.15) is 0 Å². The van der Waals surface area contributed by atoms with E-state index in [4.69, 9.17) is 9.15 Å². The van der Waals surface area contributed by atoms with E-state index in [9.17, 15) is 0 Å². The fourth-order valence-corrected chi connectivity index (χ4v) is 1.27. The summed E-state index contributed by atoms with van der Waals surface area (Å²) in [6.45, 7) is 4.96. The molecular weight excluding hydrogens is 166 g/mol. The minimum absolute atomic E-state index is 0.278. The van der Waals surface area contributed by atoms with E-state index in [0.717, 1.165) is 5.76 Å². The molecule has 0 bridgehead atoms. The van der Waals surface area contributed by atoms with Crippen molar-refractivity contribution < 1.29 is 9.15 Å². The largest absolute Gasteiger partial charge is 0.473 e. The number of aliphatic imine (C=N–C) groups is 1. The molecule has 0 unspecified atom stereocenters. The molecule has 0 N–H and O–H groups in total. The maximum Gasteiger partial charge on any atom is 0.253 e. The number of hydrogen-bond acceptors (Lipinski definition) is 3. The van der Waals surface area contributed by atoms with Crippen molar-refractivity contribution in [3.63, 3.8) is 0 Å². The van der Waals surface area contributed by atoms with Crippen LogP contribution in [0.5, 0.6) is 0 Å². The molecule has 1 atom stereocenters. The Hall–Kier alpha value is -1.25. The van der Waals surface area contributed by atoms with Gasteiger partial charge in [0.2, 0.25) is 0 Å². The predicted molar refractivity (Wildman–Crippen MR) is 49.8 cm³/mol. The van der Waals surface area contributed by atoms with Crippen LogP contribution < -0.4 is 0 Å². The van der Waals surface area contributed by atoms with Crippen molar-refractivity contribution in [2.24, 2.45) is 10.9 Å². The summed E-state index contributed by atoms with van der Waals surface area (Å²) in [4.78, 5) is 4.43. The van der Waals surface area contributed by atoms with Gasteiger partial charge in [0.1, 0.15) is 6.61 Å². The Kier molecular flexibility index (Phi) is 2.08. The molecule has 1 aromatic rings. The summed E-state index contributed by atoms with van der Waals surface area (Å²) in [6, 6.07) is 3.98. The van der Waals surface area contributed by atoms with E-state index >= 15 is 0 Å². The normalized spacial score (nSPS) is 21.8. The maximum absolute atomic E-state index is 5.43. The van der Waals surface area contributed by atoms with Gasteiger partial charge in [-0.3, -0.25) is 0 Å². The Morgan fingerprint density at radius 2 is 2.38 bits per heavy atom. The summed E-state index contributed by atoms with van der Waals surface area (Å²) in [5.41, 5.74) is 0. The lowest BCUT2D eigenvalue weighted by Crippen LogP contribution is -2.13. The number of nitrogens with zero attached hydrogens (tertiary/aromatic N) is 1. The van der Waals surface area contributed by atoms with Gasteiger partial charge < -0.3 is 9.15 Å². The Balaban J connectivity index is 2.15. The van der Waals surface area contributed by atoms with Crippen LogP contribution in [0.4, 0.5) is 0 Å². The molecule has 0 amide bonds. The first kappa shape index (κ1) is 8.35. The Bertz CT molecular complexity index is 301. The summed E-state index contributed by atoms with van der Waals surface area (Å²) in [5, 5.41) is 0. The molecule has 0 fully saturated rings. The highest BCUT2D eigenvalue weighted by atomic mass is 16.5. The van der Waals surface area contributed by atoms with Crippen molar-refractivity contribution >= 4 is 5.90 Å². The standard InChI is InChI=1S/C10H13NO2/c1-7(2)8-6-13-10(11-8)9-4-3-5-12-9/h3-5,7-8H,6H2,1-2H3/t8-/m0/s1. The van der Waals surface area contributed by atoms with Crippen LogP contribution in [0.1, 0.15) is 19.6 Å². The Morgan fingerprint density at radius 3 is 2.92 bits per heavy atom. The zero-order valence-electron chi connectivity index (χ0n) is 7.86. The third kappa shape index (κ3) is 1.59. The number of furan rings is 1. The third-order valence-electron chi connectivity index (χ3n) is 2.18. The highest BCUT2D eigenvalue weighted by Crippen LogP contribution is 2.17. The van der Waals surface area contributed by atoms with Crippen molar-refractivity contribution in [1.82, 2.24) is 0 Å².